The van der Waals surface area contributed by atoms with Gasteiger partial charge < -0.3 is 15.8 Å². The molecule has 94 valence electrons. The van der Waals surface area contributed by atoms with Crippen LogP contribution in [0.2, 0.25) is 0 Å². The number of nitrogens with two attached hydrogens (primary N) is 1. The summed E-state index contributed by atoms with van der Waals surface area (Å²) < 4.78 is 18.1. The minimum Gasteiger partial charge on any atom is -0.494 e. The Morgan fingerprint density at radius 3 is 2.72 bits per heavy atom. The highest BCUT2D eigenvalue weighted by molar-refractivity contribution is 5.60. The van der Waals surface area contributed by atoms with Crippen LogP contribution >= 0.6 is 0 Å². The summed E-state index contributed by atoms with van der Waals surface area (Å²) in [5.74, 6) is 1.24. The van der Waals surface area contributed by atoms with Crippen molar-refractivity contribution >= 4 is 17.3 Å². The first-order valence-electron chi connectivity index (χ1n) is 5.30. The predicted molar refractivity (Wildman–Crippen MR) is 67.4 cm³/mol. The van der Waals surface area contributed by atoms with Crippen molar-refractivity contribution in [3.8, 4) is 5.75 Å². The van der Waals surface area contributed by atoms with Crippen LogP contribution < -0.4 is 15.8 Å². The molecule has 6 heteroatoms. The molecule has 1 aromatic heterocycles. The molecule has 0 unspecified atom stereocenters. The van der Waals surface area contributed by atoms with Gasteiger partial charge in [0.05, 0.1) is 7.11 Å². The fourth-order valence-corrected chi connectivity index (χ4v) is 1.54. The Morgan fingerprint density at radius 1 is 1.28 bits per heavy atom. The van der Waals surface area contributed by atoms with Crippen molar-refractivity contribution in [3.05, 3.63) is 35.9 Å². The zero-order chi connectivity index (χ0) is 13.1. The fourth-order valence-electron chi connectivity index (χ4n) is 1.54. The Balaban J connectivity index is 2.28. The maximum atomic E-state index is 13.2. The third kappa shape index (κ3) is 2.65. The summed E-state index contributed by atoms with van der Waals surface area (Å²) in [6, 6.07) is 6.05. The van der Waals surface area contributed by atoms with Crippen LogP contribution in [0.3, 0.4) is 0 Å². The van der Waals surface area contributed by atoms with Crippen molar-refractivity contribution < 1.29 is 9.13 Å². The molecule has 2 aromatic rings. The monoisotopic (exact) mass is 248 g/mol. The molecule has 0 spiro atoms. The molecule has 0 aliphatic rings. The lowest BCUT2D eigenvalue weighted by Gasteiger charge is -2.09. The first kappa shape index (κ1) is 12.1. The van der Waals surface area contributed by atoms with E-state index < -0.39 is 5.82 Å². The molecule has 18 heavy (non-hydrogen) atoms. The average Bonchev–Trinajstić information content (AvgIpc) is 2.30. The normalized spacial score (nSPS) is 10.2. The predicted octanol–water partition coefficient (Wildman–Crippen LogP) is 2.26. The van der Waals surface area contributed by atoms with Gasteiger partial charge in [0.25, 0.3) is 0 Å². The van der Waals surface area contributed by atoms with Gasteiger partial charge in [0, 0.05) is 17.8 Å². The first-order valence-corrected chi connectivity index (χ1v) is 5.30. The molecule has 0 bridgehead atoms. The van der Waals surface area contributed by atoms with Crippen LogP contribution in [0.25, 0.3) is 0 Å². The van der Waals surface area contributed by atoms with E-state index in [0.717, 1.165) is 0 Å². The molecule has 5 nitrogen and oxygen atoms in total. The van der Waals surface area contributed by atoms with Gasteiger partial charge in [0.1, 0.15) is 17.5 Å². The third-order valence-corrected chi connectivity index (χ3v) is 2.28. The van der Waals surface area contributed by atoms with Crippen molar-refractivity contribution in [2.24, 2.45) is 0 Å². The number of nitrogens with zero attached hydrogens (tertiary/aromatic N) is 2. The van der Waals surface area contributed by atoms with Gasteiger partial charge in [0.2, 0.25) is 0 Å². The van der Waals surface area contributed by atoms with Crippen molar-refractivity contribution in [3.63, 3.8) is 0 Å². The number of hydrogen-bond acceptors (Lipinski definition) is 5. The maximum absolute atomic E-state index is 13.2. The summed E-state index contributed by atoms with van der Waals surface area (Å²) in [5, 5.41) is 3.01. The molecule has 0 atom stereocenters. The minimum absolute atomic E-state index is 0.166. The van der Waals surface area contributed by atoms with Crippen molar-refractivity contribution in [1.82, 2.24) is 9.97 Å². The molecular weight excluding hydrogens is 235 g/mol. The third-order valence-electron chi connectivity index (χ3n) is 2.28. The molecule has 3 N–H and O–H groups in total. The summed E-state index contributed by atoms with van der Waals surface area (Å²) in [7, 11) is 1.41. The Hall–Kier alpha value is -2.37. The fraction of sp³-hybridized carbons (Fsp3) is 0.167. The van der Waals surface area contributed by atoms with Crippen molar-refractivity contribution in [2.45, 2.75) is 6.92 Å². The Labute approximate surface area is 104 Å². The molecule has 0 radical (unpaired) electrons. The Bertz CT molecular complexity index is 554. The molecular formula is C12H13FN4O. The number of anilines is 3. The standard InChI is InChI=1S/C12H13FN4O/c1-7-15-11(14)6-12(16-7)17-8-3-4-9(13)10(5-8)18-2/h3-6H,1-2H3,(H3,14,15,16,17). The lowest BCUT2D eigenvalue weighted by molar-refractivity contribution is 0.387. The molecule has 0 fully saturated rings. The Kier molecular flexibility index (Phi) is 3.27. The van der Waals surface area contributed by atoms with E-state index in [1.54, 1.807) is 25.1 Å². The summed E-state index contributed by atoms with van der Waals surface area (Å²) in [5.41, 5.74) is 6.28. The summed E-state index contributed by atoms with van der Waals surface area (Å²) in [6.07, 6.45) is 0. The topological polar surface area (TPSA) is 73.1 Å². The summed E-state index contributed by atoms with van der Waals surface area (Å²) in [6.45, 7) is 1.74. The van der Waals surface area contributed by atoms with Crippen LogP contribution in [-0.4, -0.2) is 17.1 Å². The largest absolute Gasteiger partial charge is 0.494 e. The van der Waals surface area contributed by atoms with Gasteiger partial charge in [-0.05, 0) is 19.1 Å². The maximum Gasteiger partial charge on any atom is 0.165 e. The van der Waals surface area contributed by atoms with Gasteiger partial charge >= 0.3 is 0 Å². The van der Waals surface area contributed by atoms with E-state index >= 15 is 0 Å². The smallest absolute Gasteiger partial charge is 0.165 e. The second-order valence-corrected chi connectivity index (χ2v) is 3.70. The van der Waals surface area contributed by atoms with Gasteiger partial charge in [-0.15, -0.1) is 0 Å². The number of halogens is 1. The molecule has 2 rings (SSSR count). The average molecular weight is 248 g/mol. The zero-order valence-electron chi connectivity index (χ0n) is 10.1. The highest BCUT2D eigenvalue weighted by Gasteiger charge is 2.05. The molecule has 1 aromatic carbocycles. The zero-order valence-corrected chi connectivity index (χ0v) is 10.1. The number of aryl methyl sites for hydroxylation is 1. The van der Waals surface area contributed by atoms with Crippen LogP contribution in [0.5, 0.6) is 5.75 Å². The molecule has 1 heterocycles. The molecule has 0 saturated carbocycles. The van der Waals surface area contributed by atoms with Gasteiger partial charge in [-0.25, -0.2) is 14.4 Å². The molecule has 0 amide bonds. The van der Waals surface area contributed by atoms with E-state index in [1.165, 1.54) is 13.2 Å². The second-order valence-electron chi connectivity index (χ2n) is 3.70. The van der Waals surface area contributed by atoms with E-state index in [2.05, 4.69) is 15.3 Å². The highest BCUT2D eigenvalue weighted by Crippen LogP contribution is 2.24. The number of ether oxygens (including phenoxy) is 1. The quantitative estimate of drug-likeness (QED) is 0.871. The van der Waals surface area contributed by atoms with Crippen LogP contribution in [0.15, 0.2) is 24.3 Å². The number of benzene rings is 1. The summed E-state index contributed by atoms with van der Waals surface area (Å²) in [4.78, 5) is 8.14. The number of nitrogens with one attached hydrogen (secondary N) is 1. The van der Waals surface area contributed by atoms with Gasteiger partial charge in [-0.3, -0.25) is 0 Å². The second kappa shape index (κ2) is 4.87. The lowest BCUT2D eigenvalue weighted by atomic mass is 10.3. The van der Waals surface area contributed by atoms with Gasteiger partial charge in [-0.2, -0.15) is 0 Å². The van der Waals surface area contributed by atoms with E-state index in [4.69, 9.17) is 10.5 Å². The van der Waals surface area contributed by atoms with Crippen LogP contribution in [0, 0.1) is 12.7 Å². The van der Waals surface area contributed by atoms with E-state index in [9.17, 15) is 4.39 Å². The number of aromatic nitrogens is 2. The number of methoxy groups -OCH3 is 1. The molecule has 0 saturated heterocycles. The van der Waals surface area contributed by atoms with Crippen LogP contribution in [0.4, 0.5) is 21.7 Å². The number of rotatable bonds is 3. The molecule has 0 aliphatic heterocycles. The SMILES string of the molecule is COc1cc(Nc2cc(N)nc(C)n2)ccc1F. The summed E-state index contributed by atoms with van der Waals surface area (Å²) >= 11 is 0. The van der Waals surface area contributed by atoms with E-state index in [1.807, 2.05) is 0 Å². The Morgan fingerprint density at radius 2 is 2.06 bits per heavy atom. The van der Waals surface area contributed by atoms with Crippen molar-refractivity contribution in [2.75, 3.05) is 18.2 Å². The first-order chi connectivity index (χ1) is 8.58. The van der Waals surface area contributed by atoms with Gasteiger partial charge in [0.15, 0.2) is 11.6 Å². The number of hydrogen-bond donors (Lipinski definition) is 2. The number of nitrogen functional groups attached to an aromatic ring is 1. The van der Waals surface area contributed by atoms with Crippen LogP contribution in [0.1, 0.15) is 5.82 Å². The van der Waals surface area contributed by atoms with Crippen molar-refractivity contribution in [1.29, 1.82) is 0 Å². The van der Waals surface area contributed by atoms with E-state index in [-0.39, 0.29) is 5.75 Å². The highest BCUT2D eigenvalue weighted by atomic mass is 19.1. The van der Waals surface area contributed by atoms with E-state index in [0.29, 0.717) is 23.1 Å². The van der Waals surface area contributed by atoms with Crippen LogP contribution in [-0.2, 0) is 0 Å². The minimum atomic E-state index is -0.415. The molecule has 0 aliphatic carbocycles. The lowest BCUT2D eigenvalue weighted by Crippen LogP contribution is -2.01. The van der Waals surface area contributed by atoms with Gasteiger partial charge in [-0.1, -0.05) is 0 Å².